The van der Waals surface area contributed by atoms with Crippen LogP contribution in [-0.4, -0.2) is 47.0 Å². The molecular weight excluding hydrogens is 316 g/mol. The molecule has 0 atom stereocenters. The summed E-state index contributed by atoms with van der Waals surface area (Å²) in [6, 6.07) is 5.41. The molecular formula is C18H24N6O. The van der Waals surface area contributed by atoms with Gasteiger partial charge in [-0.2, -0.15) is 4.98 Å². The SMILES string of the molecule is Cc1cc(N2CCCCC2)nc(NCCNC(=O)c2ccncc2)n1. The number of rotatable bonds is 6. The van der Waals surface area contributed by atoms with Crippen LogP contribution >= 0.6 is 0 Å². The highest BCUT2D eigenvalue weighted by atomic mass is 16.1. The van der Waals surface area contributed by atoms with E-state index in [2.05, 4.69) is 30.5 Å². The van der Waals surface area contributed by atoms with Gasteiger partial charge in [0.1, 0.15) is 5.82 Å². The molecule has 1 aliphatic heterocycles. The molecule has 0 unspecified atom stereocenters. The number of nitrogens with one attached hydrogen (secondary N) is 2. The zero-order valence-electron chi connectivity index (χ0n) is 14.5. The highest BCUT2D eigenvalue weighted by molar-refractivity contribution is 5.93. The van der Waals surface area contributed by atoms with Crippen molar-refractivity contribution >= 4 is 17.7 Å². The maximum Gasteiger partial charge on any atom is 0.251 e. The van der Waals surface area contributed by atoms with Gasteiger partial charge in [0.2, 0.25) is 5.95 Å². The Bertz CT molecular complexity index is 700. The molecule has 0 aromatic carbocycles. The Morgan fingerprint density at radius 3 is 2.64 bits per heavy atom. The number of aromatic nitrogens is 3. The van der Waals surface area contributed by atoms with Crippen molar-refractivity contribution in [2.24, 2.45) is 0 Å². The van der Waals surface area contributed by atoms with Crippen LogP contribution in [0, 0.1) is 6.92 Å². The second-order valence-electron chi connectivity index (χ2n) is 6.16. The lowest BCUT2D eigenvalue weighted by Crippen LogP contribution is -2.31. The van der Waals surface area contributed by atoms with Crippen LogP contribution < -0.4 is 15.5 Å². The molecule has 0 saturated carbocycles. The first kappa shape index (κ1) is 17.1. The smallest absolute Gasteiger partial charge is 0.251 e. The van der Waals surface area contributed by atoms with Crippen LogP contribution in [0.5, 0.6) is 0 Å². The lowest BCUT2D eigenvalue weighted by atomic mass is 10.1. The van der Waals surface area contributed by atoms with Gasteiger partial charge in [-0.1, -0.05) is 0 Å². The largest absolute Gasteiger partial charge is 0.356 e. The molecule has 1 fully saturated rings. The fraction of sp³-hybridized carbons (Fsp3) is 0.444. The van der Waals surface area contributed by atoms with E-state index in [-0.39, 0.29) is 5.91 Å². The van der Waals surface area contributed by atoms with Crippen molar-refractivity contribution < 1.29 is 4.79 Å². The average molecular weight is 340 g/mol. The molecule has 3 heterocycles. The number of hydrogen-bond donors (Lipinski definition) is 2. The molecule has 2 aromatic rings. The first-order chi connectivity index (χ1) is 12.2. The summed E-state index contributed by atoms with van der Waals surface area (Å²) in [5.74, 6) is 1.48. The summed E-state index contributed by atoms with van der Waals surface area (Å²) < 4.78 is 0. The van der Waals surface area contributed by atoms with Crippen LogP contribution in [0.15, 0.2) is 30.6 Å². The zero-order chi connectivity index (χ0) is 17.5. The summed E-state index contributed by atoms with van der Waals surface area (Å²) in [5, 5.41) is 6.06. The number of amides is 1. The van der Waals surface area contributed by atoms with E-state index in [4.69, 9.17) is 0 Å². The Labute approximate surface area is 147 Å². The van der Waals surface area contributed by atoms with Gasteiger partial charge in [0.15, 0.2) is 0 Å². The average Bonchev–Trinajstić information content (AvgIpc) is 2.66. The number of aryl methyl sites for hydroxylation is 1. The number of anilines is 2. The van der Waals surface area contributed by atoms with Crippen LogP contribution in [0.3, 0.4) is 0 Å². The van der Waals surface area contributed by atoms with E-state index in [1.54, 1.807) is 24.5 Å². The minimum absolute atomic E-state index is 0.108. The molecule has 132 valence electrons. The molecule has 1 saturated heterocycles. The van der Waals surface area contributed by atoms with Gasteiger partial charge in [-0.05, 0) is 38.3 Å². The van der Waals surface area contributed by atoms with Crippen molar-refractivity contribution in [3.63, 3.8) is 0 Å². The zero-order valence-corrected chi connectivity index (χ0v) is 14.5. The predicted molar refractivity (Wildman–Crippen MR) is 97.9 cm³/mol. The van der Waals surface area contributed by atoms with E-state index in [0.29, 0.717) is 24.6 Å². The van der Waals surface area contributed by atoms with Gasteiger partial charge >= 0.3 is 0 Å². The Morgan fingerprint density at radius 2 is 1.88 bits per heavy atom. The van der Waals surface area contributed by atoms with Gasteiger partial charge in [-0.3, -0.25) is 9.78 Å². The molecule has 25 heavy (non-hydrogen) atoms. The van der Waals surface area contributed by atoms with Crippen LogP contribution in [0.1, 0.15) is 35.3 Å². The molecule has 2 aromatic heterocycles. The third-order valence-corrected chi connectivity index (χ3v) is 4.16. The van der Waals surface area contributed by atoms with Crippen molar-refractivity contribution in [1.82, 2.24) is 20.3 Å². The predicted octanol–water partition coefficient (Wildman–Crippen LogP) is 2.01. The van der Waals surface area contributed by atoms with E-state index in [0.717, 1.165) is 24.6 Å². The number of carbonyl (C=O) groups is 1. The van der Waals surface area contributed by atoms with E-state index < -0.39 is 0 Å². The number of carbonyl (C=O) groups excluding carboxylic acids is 1. The summed E-state index contributed by atoms with van der Waals surface area (Å²) >= 11 is 0. The molecule has 7 heteroatoms. The number of pyridine rings is 1. The van der Waals surface area contributed by atoms with E-state index in [1.165, 1.54) is 19.3 Å². The van der Waals surface area contributed by atoms with Gasteiger partial charge < -0.3 is 15.5 Å². The number of hydrogen-bond acceptors (Lipinski definition) is 6. The maximum atomic E-state index is 12.0. The Balaban J connectivity index is 1.51. The molecule has 0 aliphatic carbocycles. The fourth-order valence-corrected chi connectivity index (χ4v) is 2.87. The quantitative estimate of drug-likeness (QED) is 0.783. The second-order valence-corrected chi connectivity index (χ2v) is 6.16. The maximum absolute atomic E-state index is 12.0. The summed E-state index contributed by atoms with van der Waals surface area (Å²) in [6.07, 6.45) is 6.94. The van der Waals surface area contributed by atoms with Gasteiger partial charge in [0.25, 0.3) is 5.91 Å². The fourth-order valence-electron chi connectivity index (χ4n) is 2.87. The van der Waals surface area contributed by atoms with Crippen molar-refractivity contribution in [2.45, 2.75) is 26.2 Å². The Hall–Kier alpha value is -2.70. The summed E-state index contributed by atoms with van der Waals surface area (Å²) in [4.78, 5) is 27.2. The minimum Gasteiger partial charge on any atom is -0.356 e. The Kier molecular flexibility index (Phi) is 5.77. The second kappa shape index (κ2) is 8.41. The van der Waals surface area contributed by atoms with Crippen molar-refractivity contribution in [2.75, 3.05) is 36.4 Å². The highest BCUT2D eigenvalue weighted by Crippen LogP contribution is 2.19. The van der Waals surface area contributed by atoms with Crippen molar-refractivity contribution in [3.05, 3.63) is 41.9 Å². The molecule has 1 aliphatic rings. The van der Waals surface area contributed by atoms with Crippen LogP contribution in [-0.2, 0) is 0 Å². The van der Waals surface area contributed by atoms with E-state index >= 15 is 0 Å². The molecule has 0 bridgehead atoms. The molecule has 7 nitrogen and oxygen atoms in total. The molecule has 2 N–H and O–H groups in total. The van der Waals surface area contributed by atoms with Gasteiger partial charge in [0, 0.05) is 55.9 Å². The minimum atomic E-state index is -0.108. The third kappa shape index (κ3) is 4.89. The monoisotopic (exact) mass is 340 g/mol. The molecule has 0 radical (unpaired) electrons. The number of piperidine rings is 1. The first-order valence-corrected chi connectivity index (χ1v) is 8.75. The lowest BCUT2D eigenvalue weighted by molar-refractivity contribution is 0.0955. The van der Waals surface area contributed by atoms with E-state index in [1.807, 2.05) is 13.0 Å². The Morgan fingerprint density at radius 1 is 1.12 bits per heavy atom. The summed E-state index contributed by atoms with van der Waals surface area (Å²) in [5.41, 5.74) is 1.55. The topological polar surface area (TPSA) is 83.0 Å². The van der Waals surface area contributed by atoms with Gasteiger partial charge in [0.05, 0.1) is 0 Å². The van der Waals surface area contributed by atoms with E-state index in [9.17, 15) is 4.79 Å². The lowest BCUT2D eigenvalue weighted by Gasteiger charge is -2.28. The third-order valence-electron chi connectivity index (χ3n) is 4.16. The molecule has 3 rings (SSSR count). The van der Waals surface area contributed by atoms with Crippen LogP contribution in [0.25, 0.3) is 0 Å². The normalized spacial score (nSPS) is 14.2. The van der Waals surface area contributed by atoms with Gasteiger partial charge in [-0.15, -0.1) is 0 Å². The molecule has 0 spiro atoms. The molecule has 1 amide bonds. The highest BCUT2D eigenvalue weighted by Gasteiger charge is 2.13. The van der Waals surface area contributed by atoms with Crippen molar-refractivity contribution in [1.29, 1.82) is 0 Å². The van der Waals surface area contributed by atoms with Crippen LogP contribution in [0.2, 0.25) is 0 Å². The van der Waals surface area contributed by atoms with Crippen LogP contribution in [0.4, 0.5) is 11.8 Å². The standard InChI is InChI=1S/C18H24N6O/c1-14-13-16(24-11-3-2-4-12-24)23-18(22-14)21-10-9-20-17(25)15-5-7-19-8-6-15/h5-8,13H,2-4,9-12H2,1H3,(H,20,25)(H,21,22,23). The van der Waals surface area contributed by atoms with Gasteiger partial charge in [-0.25, -0.2) is 4.98 Å². The summed E-state index contributed by atoms with van der Waals surface area (Å²) in [7, 11) is 0. The number of nitrogens with zero attached hydrogens (tertiary/aromatic N) is 4. The summed E-state index contributed by atoms with van der Waals surface area (Å²) in [6.45, 7) is 5.15. The first-order valence-electron chi connectivity index (χ1n) is 8.75. The van der Waals surface area contributed by atoms with Crippen molar-refractivity contribution in [3.8, 4) is 0 Å².